The van der Waals surface area contributed by atoms with Crippen molar-refractivity contribution in [2.24, 2.45) is 5.18 Å². The normalized spacial score (nSPS) is 19.8. The Labute approximate surface area is 111 Å². The van der Waals surface area contributed by atoms with E-state index in [1.807, 2.05) is 11.0 Å². The molecule has 1 saturated heterocycles. The van der Waals surface area contributed by atoms with E-state index in [2.05, 4.69) is 15.8 Å². The quantitative estimate of drug-likeness (QED) is 0.792. The molecule has 2 aliphatic heterocycles. The third kappa shape index (κ3) is 2.19. The van der Waals surface area contributed by atoms with E-state index in [0.717, 1.165) is 31.6 Å². The Hall–Kier alpha value is -1.95. The number of anilines is 2. The predicted molar refractivity (Wildman–Crippen MR) is 73.8 cm³/mol. The Morgan fingerprint density at radius 1 is 1.26 bits per heavy atom. The minimum atomic E-state index is -0.0333. The molecule has 1 fully saturated rings. The topological polar surface area (TPSA) is 73.8 Å². The van der Waals surface area contributed by atoms with Crippen LogP contribution in [-0.4, -0.2) is 31.6 Å². The largest absolute Gasteiger partial charge is 0.356 e. The van der Waals surface area contributed by atoms with Crippen molar-refractivity contribution in [3.05, 3.63) is 23.1 Å². The first-order valence-electron chi connectivity index (χ1n) is 6.53. The first kappa shape index (κ1) is 12.1. The summed E-state index contributed by atoms with van der Waals surface area (Å²) in [7, 11) is 0. The van der Waals surface area contributed by atoms with Crippen molar-refractivity contribution in [1.29, 1.82) is 0 Å². The van der Waals surface area contributed by atoms with Gasteiger partial charge in [0.2, 0.25) is 5.91 Å². The number of piperidine rings is 1. The Bertz CT molecular complexity index is 511. The van der Waals surface area contributed by atoms with Crippen molar-refractivity contribution in [2.45, 2.75) is 18.9 Å². The van der Waals surface area contributed by atoms with E-state index < -0.39 is 0 Å². The maximum absolute atomic E-state index is 11.8. The van der Waals surface area contributed by atoms with E-state index in [4.69, 9.17) is 0 Å². The standard InChI is InChI=1S/C13H16N4O2/c18-12-8-17(9-4-6-14-7-5-9)13-10(15-12)2-1-3-11(13)16-19/h1-3,9,14H,4-8H2,(H,15,18). The lowest BCUT2D eigenvalue weighted by Crippen LogP contribution is -2.48. The molecular formula is C13H16N4O2. The molecule has 100 valence electrons. The first-order chi connectivity index (χ1) is 9.29. The Morgan fingerprint density at radius 3 is 2.79 bits per heavy atom. The summed E-state index contributed by atoms with van der Waals surface area (Å²) in [5.41, 5.74) is 1.85. The van der Waals surface area contributed by atoms with E-state index in [-0.39, 0.29) is 11.9 Å². The number of hydrogen-bond donors (Lipinski definition) is 2. The summed E-state index contributed by atoms with van der Waals surface area (Å²) in [6.07, 6.45) is 1.94. The minimum absolute atomic E-state index is 0.0333. The third-order valence-corrected chi connectivity index (χ3v) is 3.74. The number of nitrogens with zero attached hydrogens (tertiary/aromatic N) is 2. The molecule has 3 rings (SSSR count). The lowest BCUT2D eigenvalue weighted by molar-refractivity contribution is -0.115. The summed E-state index contributed by atoms with van der Waals surface area (Å²) in [5.74, 6) is -0.0333. The molecule has 0 aliphatic carbocycles. The summed E-state index contributed by atoms with van der Waals surface area (Å²) in [6.45, 7) is 2.17. The van der Waals surface area contributed by atoms with Gasteiger partial charge in [0.15, 0.2) is 0 Å². The lowest BCUT2D eigenvalue weighted by Gasteiger charge is -2.39. The first-order valence-corrected chi connectivity index (χ1v) is 6.53. The van der Waals surface area contributed by atoms with Crippen molar-refractivity contribution in [1.82, 2.24) is 5.32 Å². The van der Waals surface area contributed by atoms with Gasteiger partial charge in [-0.15, -0.1) is 4.91 Å². The van der Waals surface area contributed by atoms with Gasteiger partial charge in [0.1, 0.15) is 5.69 Å². The molecule has 0 radical (unpaired) electrons. The van der Waals surface area contributed by atoms with Gasteiger partial charge in [-0.3, -0.25) is 4.79 Å². The number of amides is 1. The molecule has 0 atom stereocenters. The lowest BCUT2D eigenvalue weighted by atomic mass is 10.0. The molecule has 1 amide bonds. The highest BCUT2D eigenvalue weighted by Gasteiger charge is 2.31. The number of para-hydroxylation sites is 1. The van der Waals surface area contributed by atoms with Gasteiger partial charge in [0, 0.05) is 6.04 Å². The predicted octanol–water partition coefficient (Wildman–Crippen LogP) is 1.59. The summed E-state index contributed by atoms with van der Waals surface area (Å²) < 4.78 is 0. The van der Waals surface area contributed by atoms with E-state index in [0.29, 0.717) is 17.9 Å². The van der Waals surface area contributed by atoms with Gasteiger partial charge in [-0.2, -0.15) is 0 Å². The zero-order chi connectivity index (χ0) is 13.2. The van der Waals surface area contributed by atoms with Crippen LogP contribution in [0.15, 0.2) is 23.4 Å². The summed E-state index contributed by atoms with van der Waals surface area (Å²) >= 11 is 0. The molecule has 2 aliphatic rings. The van der Waals surface area contributed by atoms with Gasteiger partial charge < -0.3 is 15.5 Å². The summed E-state index contributed by atoms with van der Waals surface area (Å²) in [4.78, 5) is 24.8. The molecular weight excluding hydrogens is 244 g/mol. The van der Waals surface area contributed by atoms with Crippen LogP contribution in [0.4, 0.5) is 17.1 Å². The third-order valence-electron chi connectivity index (χ3n) is 3.74. The molecule has 2 N–H and O–H groups in total. The molecule has 0 spiro atoms. The van der Waals surface area contributed by atoms with E-state index in [9.17, 15) is 9.70 Å². The highest BCUT2D eigenvalue weighted by Crippen LogP contribution is 2.40. The molecule has 1 aromatic rings. The molecule has 0 aromatic heterocycles. The molecule has 1 aromatic carbocycles. The van der Waals surface area contributed by atoms with E-state index in [1.54, 1.807) is 12.1 Å². The van der Waals surface area contributed by atoms with Gasteiger partial charge in [-0.25, -0.2) is 0 Å². The van der Waals surface area contributed by atoms with Crippen molar-refractivity contribution < 1.29 is 4.79 Å². The molecule has 0 saturated carbocycles. The fourth-order valence-electron chi connectivity index (χ4n) is 2.86. The fourth-order valence-corrected chi connectivity index (χ4v) is 2.86. The van der Waals surface area contributed by atoms with Crippen LogP contribution < -0.4 is 15.5 Å². The SMILES string of the molecule is O=Nc1cccc2c1N(C1CCNCC1)CC(=O)N2. The van der Waals surface area contributed by atoms with Crippen LogP contribution in [0.25, 0.3) is 0 Å². The van der Waals surface area contributed by atoms with Crippen LogP contribution in [0.3, 0.4) is 0 Å². The van der Waals surface area contributed by atoms with Crippen LogP contribution >= 0.6 is 0 Å². The van der Waals surface area contributed by atoms with E-state index >= 15 is 0 Å². The second kappa shape index (κ2) is 4.97. The van der Waals surface area contributed by atoms with Crippen molar-refractivity contribution >= 4 is 23.0 Å². The average molecular weight is 260 g/mol. The van der Waals surface area contributed by atoms with Crippen molar-refractivity contribution in [2.75, 3.05) is 29.9 Å². The number of nitrogens with one attached hydrogen (secondary N) is 2. The Kier molecular flexibility index (Phi) is 3.16. The molecule has 19 heavy (non-hydrogen) atoms. The molecule has 6 nitrogen and oxygen atoms in total. The van der Waals surface area contributed by atoms with Crippen LogP contribution in [0.5, 0.6) is 0 Å². The van der Waals surface area contributed by atoms with Gasteiger partial charge >= 0.3 is 0 Å². The zero-order valence-electron chi connectivity index (χ0n) is 10.6. The van der Waals surface area contributed by atoms with Crippen molar-refractivity contribution in [3.8, 4) is 0 Å². The molecule has 0 unspecified atom stereocenters. The summed E-state index contributed by atoms with van der Waals surface area (Å²) in [6, 6.07) is 5.53. The van der Waals surface area contributed by atoms with Gasteiger partial charge in [0.05, 0.1) is 17.9 Å². The van der Waals surface area contributed by atoms with Gasteiger partial charge in [0.25, 0.3) is 0 Å². The van der Waals surface area contributed by atoms with Gasteiger partial charge in [-0.1, -0.05) is 6.07 Å². The maximum Gasteiger partial charge on any atom is 0.243 e. The number of hydrogen-bond acceptors (Lipinski definition) is 5. The Balaban J connectivity index is 2.01. The van der Waals surface area contributed by atoms with Crippen LogP contribution in [0.1, 0.15) is 12.8 Å². The minimum Gasteiger partial charge on any atom is -0.356 e. The van der Waals surface area contributed by atoms with Gasteiger partial charge in [-0.05, 0) is 43.2 Å². The highest BCUT2D eigenvalue weighted by atomic mass is 16.3. The van der Waals surface area contributed by atoms with Crippen LogP contribution in [-0.2, 0) is 4.79 Å². The number of fused-ring (bicyclic) bond motifs is 1. The number of carbonyl (C=O) groups excluding carboxylic acids is 1. The average Bonchev–Trinajstić information content (AvgIpc) is 2.46. The number of carbonyl (C=O) groups is 1. The summed E-state index contributed by atoms with van der Waals surface area (Å²) in [5, 5.41) is 9.21. The monoisotopic (exact) mass is 260 g/mol. The number of nitroso groups, excluding NO2 is 1. The second-order valence-electron chi connectivity index (χ2n) is 4.92. The van der Waals surface area contributed by atoms with E-state index in [1.165, 1.54) is 0 Å². The Morgan fingerprint density at radius 2 is 2.05 bits per heavy atom. The molecule has 2 heterocycles. The zero-order valence-corrected chi connectivity index (χ0v) is 10.6. The number of rotatable bonds is 2. The van der Waals surface area contributed by atoms with Crippen LogP contribution in [0, 0.1) is 4.91 Å². The molecule has 6 heteroatoms. The maximum atomic E-state index is 11.8. The molecule has 0 bridgehead atoms. The fraction of sp³-hybridized carbons (Fsp3) is 0.462. The smallest absolute Gasteiger partial charge is 0.243 e. The van der Waals surface area contributed by atoms with Crippen LogP contribution in [0.2, 0.25) is 0 Å². The second-order valence-corrected chi connectivity index (χ2v) is 4.92. The highest BCUT2D eigenvalue weighted by molar-refractivity contribution is 6.03. The van der Waals surface area contributed by atoms with Crippen molar-refractivity contribution in [3.63, 3.8) is 0 Å². The number of benzene rings is 1.